The number of rotatable bonds is 1. The Morgan fingerprint density at radius 1 is 1.23 bits per heavy atom. The van der Waals surface area contributed by atoms with Crippen LogP contribution in [0.1, 0.15) is 5.69 Å². The summed E-state index contributed by atoms with van der Waals surface area (Å²) in [5.74, 6) is 0.862. The number of para-hydroxylation sites is 1. The van der Waals surface area contributed by atoms with Crippen LogP contribution in [0.4, 0.5) is 0 Å². The second kappa shape index (κ2) is 3.44. The molecule has 13 heavy (non-hydrogen) atoms. The summed E-state index contributed by atoms with van der Waals surface area (Å²) in [6.07, 6.45) is 0. The Morgan fingerprint density at radius 3 is 2.85 bits per heavy atom. The first-order valence-electron chi connectivity index (χ1n) is 4.04. The van der Waals surface area contributed by atoms with E-state index in [4.69, 9.17) is 3.53 Å². The first kappa shape index (κ1) is 8.66. The Balaban J connectivity index is 2.79. The molecule has 0 saturated heterocycles. The van der Waals surface area contributed by atoms with Crippen LogP contribution in [-0.4, -0.2) is 23.9 Å². The fraction of sp³-hybridized carbons (Fsp3) is 0.100. The first-order chi connectivity index (χ1) is 6.31. The number of pyridine rings is 1. The maximum atomic E-state index is 5.28. The van der Waals surface area contributed by atoms with Crippen molar-refractivity contribution in [2.45, 2.75) is 6.92 Å². The molecular formula is C10H8GaNO. The summed E-state index contributed by atoms with van der Waals surface area (Å²) in [6.45, 7) is 1.98. The molecule has 1 aromatic heterocycles. The van der Waals surface area contributed by atoms with Gasteiger partial charge in [0.25, 0.3) is 0 Å². The third kappa shape index (κ3) is 1.57. The summed E-state index contributed by atoms with van der Waals surface area (Å²) in [6, 6.07) is 10.0. The van der Waals surface area contributed by atoms with Crippen LogP contribution in [0.5, 0.6) is 5.75 Å². The summed E-state index contributed by atoms with van der Waals surface area (Å²) >= 11 is 1.23. The minimum absolute atomic E-state index is 0.862. The molecule has 0 unspecified atom stereocenters. The van der Waals surface area contributed by atoms with Crippen LogP contribution >= 0.6 is 0 Å². The van der Waals surface area contributed by atoms with Gasteiger partial charge in [-0.05, 0) is 0 Å². The number of nitrogens with zero attached hydrogens (tertiary/aromatic N) is 1. The van der Waals surface area contributed by atoms with E-state index in [1.165, 1.54) is 19.0 Å². The van der Waals surface area contributed by atoms with Crippen molar-refractivity contribution in [3.63, 3.8) is 0 Å². The standard InChI is InChI=1S/C10H9NO.Ga/c1-7-5-6-8-3-2-4-9(12)10(8)11-7;/h2-6,12H,1H3;/q;+1/p-1. The zero-order chi connectivity index (χ0) is 9.26. The van der Waals surface area contributed by atoms with E-state index in [0.717, 1.165) is 22.3 Å². The average Bonchev–Trinajstić information content (AvgIpc) is 2.17. The van der Waals surface area contributed by atoms with Crippen LogP contribution in [0.2, 0.25) is 0 Å². The fourth-order valence-electron chi connectivity index (χ4n) is 1.31. The molecule has 2 aromatic rings. The molecule has 0 atom stereocenters. The van der Waals surface area contributed by atoms with Gasteiger partial charge in [-0.3, -0.25) is 0 Å². The molecule has 1 aromatic carbocycles. The van der Waals surface area contributed by atoms with Crippen LogP contribution in [0.3, 0.4) is 0 Å². The molecule has 0 N–H and O–H groups in total. The van der Waals surface area contributed by atoms with Crippen molar-refractivity contribution in [2.24, 2.45) is 0 Å². The monoisotopic (exact) mass is 227 g/mol. The van der Waals surface area contributed by atoms with Gasteiger partial charge in [-0.25, -0.2) is 0 Å². The van der Waals surface area contributed by atoms with Gasteiger partial charge in [-0.15, -0.1) is 0 Å². The molecule has 0 saturated carbocycles. The van der Waals surface area contributed by atoms with Crippen LogP contribution in [0, 0.1) is 6.92 Å². The SMILES string of the molecule is Cc1ccc2cccc([O][Ga])c2n1. The van der Waals surface area contributed by atoms with Crippen LogP contribution in [-0.2, 0) is 0 Å². The molecule has 0 amide bonds. The predicted octanol–water partition coefficient (Wildman–Crippen LogP) is 2.01. The zero-order valence-electron chi connectivity index (χ0n) is 7.32. The van der Waals surface area contributed by atoms with Gasteiger partial charge in [0.1, 0.15) is 0 Å². The van der Waals surface area contributed by atoms with Crippen molar-refractivity contribution in [2.75, 3.05) is 0 Å². The van der Waals surface area contributed by atoms with Crippen LogP contribution in [0.15, 0.2) is 30.3 Å². The molecule has 2 radical (unpaired) electrons. The predicted molar refractivity (Wildman–Crippen MR) is 52.9 cm³/mol. The fourth-order valence-corrected chi connectivity index (χ4v) is 1.71. The van der Waals surface area contributed by atoms with E-state index < -0.39 is 0 Å². The van der Waals surface area contributed by atoms with Crippen molar-refractivity contribution < 1.29 is 3.53 Å². The number of fused-ring (bicyclic) bond motifs is 1. The molecule has 62 valence electrons. The quantitative estimate of drug-likeness (QED) is 0.696. The number of benzene rings is 1. The summed E-state index contributed by atoms with van der Waals surface area (Å²) in [4.78, 5) is 4.43. The van der Waals surface area contributed by atoms with Crippen molar-refractivity contribution in [1.82, 2.24) is 4.98 Å². The maximum absolute atomic E-state index is 5.28. The second-order valence-corrected chi connectivity index (χ2v) is 3.39. The number of aryl methyl sites for hydroxylation is 1. The van der Waals surface area contributed by atoms with Gasteiger partial charge < -0.3 is 0 Å². The van der Waals surface area contributed by atoms with E-state index >= 15 is 0 Å². The van der Waals surface area contributed by atoms with E-state index in [1.807, 2.05) is 31.2 Å². The first-order valence-corrected chi connectivity index (χ1v) is 5.03. The normalized spacial score (nSPS) is 10.2. The van der Waals surface area contributed by atoms with E-state index in [1.54, 1.807) is 0 Å². The van der Waals surface area contributed by atoms with Gasteiger partial charge in [0.15, 0.2) is 0 Å². The van der Waals surface area contributed by atoms with E-state index in [2.05, 4.69) is 11.1 Å². The molecule has 1 heterocycles. The van der Waals surface area contributed by atoms with E-state index in [9.17, 15) is 0 Å². The topological polar surface area (TPSA) is 22.1 Å². The van der Waals surface area contributed by atoms with Gasteiger partial charge in [-0.2, -0.15) is 0 Å². The summed E-state index contributed by atoms with van der Waals surface area (Å²) in [7, 11) is 0. The molecule has 0 bridgehead atoms. The number of hydrogen-bond acceptors (Lipinski definition) is 2. The van der Waals surface area contributed by atoms with Crippen molar-refractivity contribution in [1.29, 1.82) is 0 Å². The van der Waals surface area contributed by atoms with Gasteiger partial charge in [0, 0.05) is 0 Å². The Morgan fingerprint density at radius 2 is 2.08 bits per heavy atom. The van der Waals surface area contributed by atoms with Gasteiger partial charge >= 0.3 is 87.1 Å². The molecule has 0 fully saturated rings. The van der Waals surface area contributed by atoms with Gasteiger partial charge in [-0.1, -0.05) is 0 Å². The third-order valence-electron chi connectivity index (χ3n) is 1.95. The molecule has 3 heteroatoms. The average molecular weight is 228 g/mol. The summed E-state index contributed by atoms with van der Waals surface area (Å²) in [5.41, 5.74) is 1.97. The van der Waals surface area contributed by atoms with Gasteiger partial charge in [0.05, 0.1) is 0 Å². The molecule has 2 nitrogen and oxygen atoms in total. The third-order valence-corrected chi connectivity index (χ3v) is 2.48. The van der Waals surface area contributed by atoms with Crippen molar-refractivity contribution >= 4 is 29.9 Å². The van der Waals surface area contributed by atoms with Crippen molar-refractivity contribution in [3.8, 4) is 5.75 Å². The Bertz CT molecular complexity index is 442. The van der Waals surface area contributed by atoms with E-state index in [-0.39, 0.29) is 0 Å². The Labute approximate surface area is 87.3 Å². The molecule has 2 rings (SSSR count). The number of hydrogen-bond donors (Lipinski definition) is 0. The summed E-state index contributed by atoms with van der Waals surface area (Å²) < 4.78 is 5.28. The Kier molecular flexibility index (Phi) is 2.29. The van der Waals surface area contributed by atoms with Crippen molar-refractivity contribution in [3.05, 3.63) is 36.0 Å². The molecule has 0 aliphatic heterocycles. The molecule has 0 aliphatic rings. The van der Waals surface area contributed by atoms with E-state index in [0.29, 0.717) is 0 Å². The Hall–Kier alpha value is -0.934. The van der Waals surface area contributed by atoms with Gasteiger partial charge in [0.2, 0.25) is 0 Å². The zero-order valence-corrected chi connectivity index (χ0v) is 9.74. The molecular weight excluding hydrogens is 220 g/mol. The minimum atomic E-state index is 0.862. The van der Waals surface area contributed by atoms with Crippen LogP contribution < -0.4 is 3.53 Å². The molecule has 0 spiro atoms. The summed E-state index contributed by atoms with van der Waals surface area (Å²) in [5, 5.41) is 1.13. The van der Waals surface area contributed by atoms with Crippen LogP contribution in [0.25, 0.3) is 10.9 Å². The molecule has 0 aliphatic carbocycles. The number of aromatic nitrogens is 1. The second-order valence-electron chi connectivity index (χ2n) is 2.90.